The molecule has 0 fully saturated rings. The molecular weight excluding hydrogens is 381 g/mol. The van der Waals surface area contributed by atoms with Crippen molar-refractivity contribution >= 4 is 38.8 Å². The Morgan fingerprint density at radius 3 is 2.25 bits per heavy atom. The Hall–Kier alpha value is -1.68. The van der Waals surface area contributed by atoms with Gasteiger partial charge in [-0.15, -0.1) is 0 Å². The van der Waals surface area contributed by atoms with E-state index in [0.717, 1.165) is 17.3 Å². The standard InChI is InChI=1S/C19H23NO2SeSi/c1-24(2,3)15-17(13-14-23-19-7-5-4-6-8-19)16-9-11-18(12-10-16)20(21)22/h4-12,15H,13-14H2,1-3H3/b17-15-. The molecule has 126 valence electrons. The molecule has 0 N–H and O–H groups in total. The number of benzene rings is 2. The number of nitro groups is 1. The van der Waals surface area contributed by atoms with E-state index in [-0.39, 0.29) is 10.6 Å². The average molecular weight is 404 g/mol. The Kier molecular flexibility index (Phi) is 6.55. The molecule has 0 bridgehead atoms. The van der Waals surface area contributed by atoms with Gasteiger partial charge >= 0.3 is 151 Å². The molecule has 0 aliphatic carbocycles. The number of hydrogen-bond donors (Lipinski definition) is 0. The molecule has 0 atom stereocenters. The van der Waals surface area contributed by atoms with Crippen molar-refractivity contribution in [3.63, 3.8) is 0 Å². The topological polar surface area (TPSA) is 43.1 Å². The van der Waals surface area contributed by atoms with Crippen LogP contribution in [0.3, 0.4) is 0 Å². The van der Waals surface area contributed by atoms with Crippen LogP contribution in [-0.2, 0) is 0 Å². The fourth-order valence-electron chi connectivity index (χ4n) is 2.42. The Morgan fingerprint density at radius 2 is 1.71 bits per heavy atom. The predicted molar refractivity (Wildman–Crippen MR) is 106 cm³/mol. The van der Waals surface area contributed by atoms with E-state index in [1.807, 2.05) is 18.2 Å². The molecule has 0 amide bonds. The SMILES string of the molecule is C[Si](C)(C)/C=C(/CC[Se]c1ccccc1)c1ccc([N+](=O)[O-])cc1. The molecule has 0 aliphatic heterocycles. The third kappa shape index (κ3) is 6.08. The van der Waals surface area contributed by atoms with Crippen LogP contribution in [0.2, 0.25) is 25.0 Å². The molecule has 3 nitrogen and oxygen atoms in total. The van der Waals surface area contributed by atoms with Crippen LogP contribution in [0, 0.1) is 10.1 Å². The monoisotopic (exact) mass is 405 g/mol. The van der Waals surface area contributed by atoms with Crippen molar-refractivity contribution in [1.29, 1.82) is 0 Å². The van der Waals surface area contributed by atoms with Crippen LogP contribution in [0.25, 0.3) is 5.57 Å². The van der Waals surface area contributed by atoms with Gasteiger partial charge in [0.2, 0.25) is 0 Å². The van der Waals surface area contributed by atoms with Crippen molar-refractivity contribution in [2.75, 3.05) is 0 Å². The van der Waals surface area contributed by atoms with Crippen LogP contribution >= 0.6 is 0 Å². The zero-order valence-electron chi connectivity index (χ0n) is 14.4. The van der Waals surface area contributed by atoms with Gasteiger partial charge < -0.3 is 0 Å². The molecule has 0 heterocycles. The summed E-state index contributed by atoms with van der Waals surface area (Å²) in [6, 6.07) is 17.6. The Balaban J connectivity index is 2.13. The van der Waals surface area contributed by atoms with E-state index in [1.54, 1.807) is 12.1 Å². The summed E-state index contributed by atoms with van der Waals surface area (Å²) in [4.78, 5) is 10.5. The van der Waals surface area contributed by atoms with Crippen molar-refractivity contribution < 1.29 is 4.92 Å². The molecule has 2 rings (SSSR count). The van der Waals surface area contributed by atoms with Gasteiger partial charge in [0, 0.05) is 0 Å². The number of non-ortho nitro benzene ring substituents is 1. The summed E-state index contributed by atoms with van der Waals surface area (Å²) in [5.74, 6) is 0. The number of nitro benzene ring substituents is 1. The molecule has 0 spiro atoms. The van der Waals surface area contributed by atoms with Crippen LogP contribution in [-0.4, -0.2) is 28.0 Å². The summed E-state index contributed by atoms with van der Waals surface area (Å²) in [5.41, 5.74) is 5.03. The first-order valence-electron chi connectivity index (χ1n) is 7.99. The zero-order valence-corrected chi connectivity index (χ0v) is 17.1. The number of rotatable bonds is 7. The van der Waals surface area contributed by atoms with Crippen LogP contribution in [0.15, 0.2) is 60.3 Å². The van der Waals surface area contributed by atoms with E-state index in [1.165, 1.54) is 10.0 Å². The third-order valence-electron chi connectivity index (χ3n) is 3.44. The van der Waals surface area contributed by atoms with Crippen LogP contribution in [0.1, 0.15) is 12.0 Å². The third-order valence-corrected chi connectivity index (χ3v) is 6.78. The van der Waals surface area contributed by atoms with Gasteiger partial charge in [-0.1, -0.05) is 0 Å². The fourth-order valence-corrected chi connectivity index (χ4v) is 5.68. The first kappa shape index (κ1) is 18.7. The molecule has 5 heteroatoms. The molecular formula is C19H23NO2SeSi. The second kappa shape index (κ2) is 8.42. The molecule has 0 saturated carbocycles. The summed E-state index contributed by atoms with van der Waals surface area (Å²) in [7, 11) is -1.36. The Morgan fingerprint density at radius 1 is 1.08 bits per heavy atom. The second-order valence-electron chi connectivity index (χ2n) is 6.75. The van der Waals surface area contributed by atoms with Crippen molar-refractivity contribution in [2.45, 2.75) is 31.4 Å². The summed E-state index contributed by atoms with van der Waals surface area (Å²) < 4.78 is 1.42. The van der Waals surface area contributed by atoms with E-state index in [9.17, 15) is 10.1 Å². The maximum absolute atomic E-state index is 10.8. The Labute approximate surface area is 151 Å². The predicted octanol–water partition coefficient (Wildman–Crippen LogP) is 4.69. The number of allylic oxidation sites excluding steroid dienone is 1. The van der Waals surface area contributed by atoms with Crippen molar-refractivity contribution in [2.24, 2.45) is 0 Å². The molecule has 2 aromatic rings. The quantitative estimate of drug-likeness (QED) is 0.382. The van der Waals surface area contributed by atoms with E-state index in [4.69, 9.17) is 0 Å². The van der Waals surface area contributed by atoms with Gasteiger partial charge in [-0.3, -0.25) is 0 Å². The minimum atomic E-state index is -1.36. The second-order valence-corrected chi connectivity index (χ2v) is 14.2. The van der Waals surface area contributed by atoms with Gasteiger partial charge in [0.1, 0.15) is 0 Å². The van der Waals surface area contributed by atoms with E-state index in [2.05, 4.69) is 49.6 Å². The number of nitrogens with zero attached hydrogens (tertiary/aromatic N) is 1. The van der Waals surface area contributed by atoms with Crippen molar-refractivity contribution in [1.82, 2.24) is 0 Å². The van der Waals surface area contributed by atoms with E-state index in [0.29, 0.717) is 15.0 Å². The fraction of sp³-hybridized carbons (Fsp3) is 0.263. The van der Waals surface area contributed by atoms with Crippen LogP contribution in [0.4, 0.5) is 5.69 Å². The summed E-state index contributed by atoms with van der Waals surface area (Å²) >= 11 is 0.459. The first-order chi connectivity index (χ1) is 11.3. The minimum absolute atomic E-state index is 0.152. The average Bonchev–Trinajstić information content (AvgIpc) is 2.54. The van der Waals surface area contributed by atoms with Crippen molar-refractivity contribution in [3.05, 3.63) is 76.0 Å². The molecule has 0 radical (unpaired) electrons. The molecule has 0 aliphatic rings. The van der Waals surface area contributed by atoms with E-state index < -0.39 is 8.07 Å². The van der Waals surface area contributed by atoms with Gasteiger partial charge in [-0.05, 0) is 0 Å². The van der Waals surface area contributed by atoms with Crippen molar-refractivity contribution in [3.8, 4) is 0 Å². The number of hydrogen-bond acceptors (Lipinski definition) is 2. The molecule has 2 aromatic carbocycles. The normalized spacial score (nSPS) is 12.2. The van der Waals surface area contributed by atoms with Gasteiger partial charge in [0.25, 0.3) is 0 Å². The van der Waals surface area contributed by atoms with Crippen LogP contribution in [0.5, 0.6) is 0 Å². The first-order valence-corrected chi connectivity index (χ1v) is 13.6. The Bertz CT molecular complexity index is 706. The van der Waals surface area contributed by atoms with Crippen LogP contribution < -0.4 is 4.46 Å². The zero-order chi connectivity index (χ0) is 17.6. The summed E-state index contributed by atoms with van der Waals surface area (Å²) in [6.07, 6.45) is 1.02. The molecule has 0 unspecified atom stereocenters. The maximum atomic E-state index is 10.8. The van der Waals surface area contributed by atoms with Gasteiger partial charge in [-0.2, -0.15) is 0 Å². The van der Waals surface area contributed by atoms with E-state index >= 15 is 0 Å². The summed E-state index contributed by atoms with van der Waals surface area (Å²) in [5, 5.41) is 12.0. The van der Waals surface area contributed by atoms with Gasteiger partial charge in [0.05, 0.1) is 0 Å². The molecule has 0 saturated heterocycles. The molecule has 24 heavy (non-hydrogen) atoms. The van der Waals surface area contributed by atoms with Gasteiger partial charge in [-0.25, -0.2) is 0 Å². The molecule has 0 aromatic heterocycles. The summed E-state index contributed by atoms with van der Waals surface area (Å²) in [6.45, 7) is 6.96. The van der Waals surface area contributed by atoms with Gasteiger partial charge in [0.15, 0.2) is 0 Å².